The number of benzene rings is 1. The van der Waals surface area contributed by atoms with Gasteiger partial charge in [-0.05, 0) is 165 Å². The van der Waals surface area contributed by atoms with Crippen LogP contribution in [0.3, 0.4) is 0 Å². The van der Waals surface area contributed by atoms with E-state index in [2.05, 4.69) is 20.8 Å². The molecule has 0 bridgehead atoms. The Balaban J connectivity index is 0.00000600. The van der Waals surface area contributed by atoms with Crippen molar-refractivity contribution in [3.8, 4) is 0 Å². The minimum atomic E-state index is -0.810. The number of aromatic nitrogens is 6. The van der Waals surface area contributed by atoms with E-state index in [1.54, 1.807) is 0 Å². The highest BCUT2D eigenvalue weighted by molar-refractivity contribution is 6.40. The first kappa shape index (κ1) is 56.5. The first-order chi connectivity index (χ1) is 27.0. The van der Waals surface area contributed by atoms with E-state index < -0.39 is 17.9 Å². The Hall–Kier alpha value is -1.56. The highest BCUT2D eigenvalue weighted by Gasteiger charge is 2.29. The summed E-state index contributed by atoms with van der Waals surface area (Å²) < 4.78 is 11.4. The van der Waals surface area contributed by atoms with Gasteiger partial charge >= 0.3 is 17.9 Å². The molecular weight excluding hydrogens is 1100 g/mol. The van der Waals surface area contributed by atoms with E-state index in [9.17, 15) is 14.4 Å². The summed E-state index contributed by atoms with van der Waals surface area (Å²) in [7, 11) is 0. The van der Waals surface area contributed by atoms with Gasteiger partial charge in [0.1, 0.15) is 19.6 Å². The Morgan fingerprint density at radius 1 is 0.450 bits per heavy atom. The minimum absolute atomic E-state index is 0. The fourth-order valence-corrected chi connectivity index (χ4v) is 8.48. The number of imidazole rings is 3. The molecule has 0 atom stereocenters. The maximum Gasteiger partial charge on any atom is 0.303 e. The average molecular weight is 1150 g/mol. The lowest BCUT2D eigenvalue weighted by Crippen LogP contribution is -3.00. The molecule has 3 N–H and O–H groups in total. The van der Waals surface area contributed by atoms with E-state index in [0.717, 1.165) is 71.9 Å². The number of halogens is 9. The maximum absolute atomic E-state index is 10.9. The summed E-state index contributed by atoms with van der Waals surface area (Å²) in [6.07, 6.45) is 12.3. The van der Waals surface area contributed by atoms with Crippen LogP contribution in [0, 0.1) is 20.8 Å². The molecule has 0 aliphatic carbocycles. The molecule has 12 nitrogen and oxygen atoms in total. The van der Waals surface area contributed by atoms with Crippen molar-refractivity contribution >= 4 is 87.5 Å². The number of rotatable bonds is 24. The highest BCUT2D eigenvalue weighted by atomic mass is 79.9. The van der Waals surface area contributed by atoms with Gasteiger partial charge in [0.25, 0.3) is 30.9 Å². The zero-order valence-electron chi connectivity index (χ0n) is 33.6. The molecule has 0 spiro atoms. The molecule has 0 fully saturated rings. The van der Waals surface area contributed by atoms with Gasteiger partial charge in [-0.25, -0.2) is 27.4 Å². The van der Waals surface area contributed by atoms with Gasteiger partial charge < -0.3 is 66.3 Å². The van der Waals surface area contributed by atoms with Gasteiger partial charge in [0.05, 0.1) is 19.6 Å². The lowest BCUT2D eigenvalue weighted by Gasteiger charge is -2.20. The van der Waals surface area contributed by atoms with Crippen LogP contribution in [0.1, 0.15) is 110 Å². The fraction of sp³-hybridized carbons (Fsp3) is 0.538. The Morgan fingerprint density at radius 2 is 0.683 bits per heavy atom. The van der Waals surface area contributed by atoms with Gasteiger partial charge in [-0.15, -0.1) is 0 Å². The van der Waals surface area contributed by atoms with E-state index >= 15 is 0 Å². The molecule has 4 rings (SSSR count). The van der Waals surface area contributed by atoms with Crippen molar-refractivity contribution in [1.82, 2.24) is 13.7 Å². The number of hydrogen-bond acceptors (Lipinski definition) is 3. The van der Waals surface area contributed by atoms with Gasteiger partial charge in [0.15, 0.2) is 0 Å². The first-order valence-electron chi connectivity index (χ1n) is 19.1. The molecule has 0 amide bonds. The molecule has 336 valence electrons. The summed E-state index contributed by atoms with van der Waals surface area (Å²) in [5, 5.41) is 29.3. The molecule has 21 heteroatoms. The van der Waals surface area contributed by atoms with Crippen LogP contribution in [-0.4, -0.2) is 46.9 Å². The smallest absolute Gasteiger partial charge is 0.303 e. The standard InChI is InChI=1S/C39H48Cl6N6O6.3BrH/c1-25-28(19-49-22-46(34(40)37(49)43)16-10-4-7-13-31(52)53)26(2)30(21-51-24-48(36(42)39(51)45)18-12-6-9-15-33(56)57)27(3)29(25)20-50-23-47(35(41)38(50)44)17-11-5-8-14-32(54)55;;;/h22-24H,4-21H2,1-3H3;3*1H. The van der Waals surface area contributed by atoms with E-state index in [1.807, 2.05) is 46.4 Å². The Labute approximate surface area is 412 Å². The molecular formula is C39H51Br3Cl6N6O6. The number of aryl methyl sites for hydroxylation is 3. The topological polar surface area (TPSA) is 138 Å². The normalized spacial score (nSPS) is 10.9. The van der Waals surface area contributed by atoms with Crippen LogP contribution in [0.2, 0.25) is 30.9 Å². The number of unbranched alkanes of at least 4 members (excludes halogenated alkanes) is 6. The van der Waals surface area contributed by atoms with Crippen LogP contribution in [0.5, 0.6) is 0 Å². The molecule has 3 aromatic heterocycles. The monoisotopic (exact) mass is 1150 g/mol. The Kier molecular flexibility index (Phi) is 25.3. The number of nitrogens with zero attached hydrogens (tertiary/aromatic N) is 6. The van der Waals surface area contributed by atoms with Crippen molar-refractivity contribution in [2.45, 2.75) is 137 Å². The quantitative estimate of drug-likeness (QED) is 0.0663. The molecule has 0 aliphatic rings. The van der Waals surface area contributed by atoms with Crippen LogP contribution < -0.4 is 64.6 Å². The van der Waals surface area contributed by atoms with Gasteiger partial charge in [-0.2, -0.15) is 0 Å². The Morgan fingerprint density at radius 3 is 0.900 bits per heavy atom. The first-order valence-corrected chi connectivity index (χ1v) is 21.3. The van der Waals surface area contributed by atoms with E-state index in [-0.39, 0.29) is 70.2 Å². The van der Waals surface area contributed by atoms with Crippen LogP contribution in [0.25, 0.3) is 0 Å². The molecule has 1 aromatic carbocycles. The molecule has 0 unspecified atom stereocenters. The van der Waals surface area contributed by atoms with Crippen LogP contribution >= 0.6 is 69.6 Å². The molecule has 0 saturated heterocycles. The van der Waals surface area contributed by atoms with Crippen molar-refractivity contribution in [2.24, 2.45) is 0 Å². The maximum atomic E-state index is 10.9. The Bertz CT molecular complexity index is 1840. The number of aliphatic carboxylic acids is 3. The van der Waals surface area contributed by atoms with Crippen LogP contribution in [0.15, 0.2) is 19.0 Å². The number of carboxylic acids is 3. The van der Waals surface area contributed by atoms with Gasteiger partial charge in [-0.3, -0.25) is 14.4 Å². The fourth-order valence-electron chi connectivity index (χ4n) is 7.14. The third-order valence-corrected chi connectivity index (χ3v) is 13.1. The molecule has 4 aromatic rings. The summed E-state index contributed by atoms with van der Waals surface area (Å²) in [5.74, 6) is -2.43. The van der Waals surface area contributed by atoms with Crippen LogP contribution in [-0.2, 0) is 53.7 Å². The van der Waals surface area contributed by atoms with E-state index in [1.165, 1.54) is 0 Å². The highest BCUT2D eigenvalue weighted by Crippen LogP contribution is 2.31. The third-order valence-electron chi connectivity index (χ3n) is 10.4. The zero-order valence-corrected chi connectivity index (χ0v) is 42.9. The van der Waals surface area contributed by atoms with Crippen molar-refractivity contribution in [3.05, 3.63) is 83.3 Å². The largest absolute Gasteiger partial charge is 1.00 e. The summed E-state index contributed by atoms with van der Waals surface area (Å²) in [6, 6.07) is 0. The third kappa shape index (κ3) is 15.3. The minimum Gasteiger partial charge on any atom is -1.00 e. The molecule has 0 aliphatic heterocycles. The van der Waals surface area contributed by atoms with Crippen molar-refractivity contribution in [3.63, 3.8) is 0 Å². The van der Waals surface area contributed by atoms with Gasteiger partial charge in [0, 0.05) is 36.0 Å². The number of carboxylic acid groups (broad SMARTS) is 3. The molecule has 0 saturated carbocycles. The predicted molar refractivity (Wildman–Crippen MR) is 220 cm³/mol. The van der Waals surface area contributed by atoms with Crippen molar-refractivity contribution in [1.29, 1.82) is 0 Å². The van der Waals surface area contributed by atoms with Gasteiger partial charge in [-0.1, -0.05) is 0 Å². The number of carbonyl (C=O) groups is 3. The SMILES string of the molecule is Cc1c(C[n+]2cn(CCCCCC(=O)O)c(Cl)c2Cl)c(C)c(C[n+]2cn(CCCCCC(=O)O)c(Cl)c2Cl)c(C)c1C[n+]1cn(CCCCCC(=O)O)c(Cl)c1Cl.[Br-].[Br-].[Br-]. The molecule has 0 radical (unpaired) electrons. The van der Waals surface area contributed by atoms with E-state index in [0.29, 0.717) is 89.4 Å². The number of hydrogen-bond donors (Lipinski definition) is 3. The molecule has 60 heavy (non-hydrogen) atoms. The summed E-state index contributed by atoms with van der Waals surface area (Å²) in [4.78, 5) is 32.8. The van der Waals surface area contributed by atoms with Crippen molar-refractivity contribution < 1.29 is 94.3 Å². The van der Waals surface area contributed by atoms with Crippen molar-refractivity contribution in [2.75, 3.05) is 0 Å². The average Bonchev–Trinajstić information content (AvgIpc) is 3.69. The summed E-state index contributed by atoms with van der Waals surface area (Å²) in [5.41, 5.74) is 6.24. The molecule has 3 heterocycles. The predicted octanol–water partition coefficient (Wildman–Crippen LogP) is -0.109. The second kappa shape index (κ2) is 26.9. The summed E-state index contributed by atoms with van der Waals surface area (Å²) >= 11 is 40.7. The second-order valence-corrected chi connectivity index (χ2v) is 16.6. The zero-order chi connectivity index (χ0) is 42.0. The van der Waals surface area contributed by atoms with Gasteiger partial charge in [0.2, 0.25) is 19.0 Å². The summed E-state index contributed by atoms with van der Waals surface area (Å²) in [6.45, 7) is 9.25. The lowest BCUT2D eigenvalue weighted by molar-refractivity contribution is -0.687. The second-order valence-electron chi connectivity index (χ2n) is 14.5. The van der Waals surface area contributed by atoms with Crippen LogP contribution in [0.4, 0.5) is 0 Å². The lowest BCUT2D eigenvalue weighted by atomic mass is 9.87. The van der Waals surface area contributed by atoms with E-state index in [4.69, 9.17) is 84.9 Å².